The number of rotatable bonds is 47. The van der Waals surface area contributed by atoms with E-state index in [1.807, 2.05) is 0 Å². The van der Waals surface area contributed by atoms with Gasteiger partial charge in [0.25, 0.3) is 0 Å². The van der Waals surface area contributed by atoms with Crippen LogP contribution >= 0.6 is 0 Å². The van der Waals surface area contributed by atoms with Gasteiger partial charge in [0.1, 0.15) is 13.2 Å². The van der Waals surface area contributed by atoms with E-state index in [1.54, 1.807) is 0 Å². The lowest BCUT2D eigenvalue weighted by Crippen LogP contribution is -2.30. The highest BCUT2D eigenvalue weighted by Crippen LogP contribution is 2.14. The van der Waals surface area contributed by atoms with Gasteiger partial charge in [0.2, 0.25) is 0 Å². The number of hydrogen-bond acceptors (Lipinski definition) is 6. The second kappa shape index (κ2) is 50.0. The lowest BCUT2D eigenvalue weighted by molar-refractivity contribution is -0.167. The van der Waals surface area contributed by atoms with Gasteiger partial charge in [-0.1, -0.05) is 198 Å². The molecule has 0 spiro atoms. The molecule has 0 aliphatic rings. The molecule has 354 valence electrons. The molecule has 6 nitrogen and oxygen atoms in total. The van der Waals surface area contributed by atoms with E-state index in [1.165, 1.54) is 128 Å². The summed E-state index contributed by atoms with van der Waals surface area (Å²) >= 11 is 0. The molecule has 0 aromatic heterocycles. The van der Waals surface area contributed by atoms with Gasteiger partial charge in [-0.3, -0.25) is 14.4 Å². The first-order chi connectivity index (χ1) is 30.0. The van der Waals surface area contributed by atoms with Gasteiger partial charge in [-0.25, -0.2) is 0 Å². The molecule has 6 heteroatoms. The number of unbranched alkanes of at least 4 members (excludes halogenated alkanes) is 28. The van der Waals surface area contributed by atoms with E-state index in [9.17, 15) is 14.4 Å². The predicted octanol–water partition coefficient (Wildman–Crippen LogP) is 17.1. The SMILES string of the molecule is CCC/C=C\CCCCCCCC(=O)OCC(COC(=O)CCCCCCCCC/C=C\C/C=C\CCCCCC)OC(=O)CCCCCCC/C=C\CCCCCCCC. The van der Waals surface area contributed by atoms with E-state index >= 15 is 0 Å². The lowest BCUT2D eigenvalue weighted by atomic mass is 10.1. The molecule has 0 radical (unpaired) electrons. The third-order valence-electron chi connectivity index (χ3n) is 11.3. The van der Waals surface area contributed by atoms with Crippen LogP contribution in [0.25, 0.3) is 0 Å². The molecule has 0 N–H and O–H groups in total. The van der Waals surface area contributed by atoms with Crippen molar-refractivity contribution in [3.8, 4) is 0 Å². The minimum atomic E-state index is -0.782. The van der Waals surface area contributed by atoms with Gasteiger partial charge in [-0.2, -0.15) is 0 Å². The first-order valence-electron chi connectivity index (χ1n) is 26.1. The monoisotopic (exact) mass is 855 g/mol. The zero-order chi connectivity index (χ0) is 44.4. The van der Waals surface area contributed by atoms with E-state index in [4.69, 9.17) is 14.2 Å². The molecule has 1 unspecified atom stereocenters. The predicted molar refractivity (Wildman–Crippen MR) is 261 cm³/mol. The highest BCUT2D eigenvalue weighted by atomic mass is 16.6. The molecular formula is C55H98O6. The Morgan fingerprint density at radius 1 is 0.328 bits per heavy atom. The van der Waals surface area contributed by atoms with Gasteiger partial charge < -0.3 is 14.2 Å². The molecule has 0 aliphatic heterocycles. The molecule has 0 aromatic carbocycles. The van der Waals surface area contributed by atoms with Crippen LogP contribution in [-0.4, -0.2) is 37.2 Å². The Bertz CT molecular complexity index is 1070. The zero-order valence-electron chi connectivity index (χ0n) is 40.4. The standard InChI is InChI=1S/C55H98O6/c1-4-7-10-13-16-19-22-24-26-27-28-30-31-33-36-39-42-45-48-54(57)60-51-52(50-59-53(56)47-44-41-38-35-21-18-15-12-9-6-3)61-55(58)49-46-43-40-37-34-32-29-25-23-20-17-14-11-8-5-2/h12,15,19,22,25-27,29,52H,4-11,13-14,16-18,20-21,23-24,28,30-51H2,1-3H3/b15-12-,22-19-,27-26-,29-25-. The highest BCUT2D eigenvalue weighted by molar-refractivity contribution is 5.71. The average molecular weight is 855 g/mol. The summed E-state index contributed by atoms with van der Waals surface area (Å²) in [5.74, 6) is -0.903. The molecule has 0 aromatic rings. The van der Waals surface area contributed by atoms with E-state index in [0.29, 0.717) is 19.3 Å². The molecule has 0 saturated heterocycles. The third-order valence-corrected chi connectivity index (χ3v) is 11.3. The van der Waals surface area contributed by atoms with Gasteiger partial charge >= 0.3 is 17.9 Å². The molecule has 0 rings (SSSR count). The van der Waals surface area contributed by atoms with Crippen LogP contribution in [0, 0.1) is 0 Å². The molecule has 61 heavy (non-hydrogen) atoms. The summed E-state index contributed by atoms with van der Waals surface area (Å²) < 4.78 is 16.8. The Kier molecular flexibility index (Phi) is 47.9. The first kappa shape index (κ1) is 58.4. The topological polar surface area (TPSA) is 78.9 Å². The average Bonchev–Trinajstić information content (AvgIpc) is 3.26. The molecule has 0 heterocycles. The first-order valence-corrected chi connectivity index (χ1v) is 26.1. The number of hydrogen-bond donors (Lipinski definition) is 0. The van der Waals surface area contributed by atoms with Crippen LogP contribution in [0.3, 0.4) is 0 Å². The Labute approximate surface area is 378 Å². The number of esters is 3. The van der Waals surface area contributed by atoms with Gasteiger partial charge in [-0.15, -0.1) is 0 Å². The molecule has 0 aliphatic carbocycles. The Morgan fingerprint density at radius 3 is 1.00 bits per heavy atom. The molecule has 0 amide bonds. The van der Waals surface area contributed by atoms with E-state index in [0.717, 1.165) is 96.3 Å². The molecule has 0 saturated carbocycles. The number of allylic oxidation sites excluding steroid dienone is 8. The summed E-state index contributed by atoms with van der Waals surface area (Å²) in [7, 11) is 0. The van der Waals surface area contributed by atoms with Crippen molar-refractivity contribution in [2.24, 2.45) is 0 Å². The number of carbonyl (C=O) groups is 3. The summed E-state index contributed by atoms with van der Waals surface area (Å²) in [6, 6.07) is 0. The summed E-state index contributed by atoms with van der Waals surface area (Å²) in [5, 5.41) is 0. The third kappa shape index (κ3) is 48.3. The molecule has 1 atom stereocenters. The number of ether oxygens (including phenoxy) is 3. The van der Waals surface area contributed by atoms with Gasteiger partial charge in [0.15, 0.2) is 6.10 Å². The van der Waals surface area contributed by atoms with E-state index in [-0.39, 0.29) is 31.1 Å². The molecular weight excluding hydrogens is 757 g/mol. The Hall–Kier alpha value is -2.63. The van der Waals surface area contributed by atoms with Crippen LogP contribution in [-0.2, 0) is 28.6 Å². The lowest BCUT2D eigenvalue weighted by Gasteiger charge is -2.18. The fourth-order valence-electron chi connectivity index (χ4n) is 7.29. The van der Waals surface area contributed by atoms with Crippen LogP contribution in [0.2, 0.25) is 0 Å². The summed E-state index contributed by atoms with van der Waals surface area (Å²) in [5.41, 5.74) is 0. The van der Waals surface area contributed by atoms with Crippen molar-refractivity contribution in [1.29, 1.82) is 0 Å². The molecule has 0 bridgehead atoms. The normalized spacial score (nSPS) is 12.4. The van der Waals surface area contributed by atoms with Crippen molar-refractivity contribution in [2.45, 2.75) is 271 Å². The second-order valence-corrected chi connectivity index (χ2v) is 17.4. The smallest absolute Gasteiger partial charge is 0.306 e. The van der Waals surface area contributed by atoms with Crippen molar-refractivity contribution < 1.29 is 28.6 Å². The highest BCUT2D eigenvalue weighted by Gasteiger charge is 2.19. The maximum Gasteiger partial charge on any atom is 0.306 e. The summed E-state index contributed by atoms with van der Waals surface area (Å²) in [6.07, 6.45) is 59.5. The Morgan fingerprint density at radius 2 is 0.623 bits per heavy atom. The van der Waals surface area contributed by atoms with Crippen LogP contribution in [0.4, 0.5) is 0 Å². The van der Waals surface area contributed by atoms with Crippen molar-refractivity contribution in [1.82, 2.24) is 0 Å². The van der Waals surface area contributed by atoms with Crippen molar-refractivity contribution >= 4 is 17.9 Å². The molecule has 0 fully saturated rings. The van der Waals surface area contributed by atoms with Gasteiger partial charge in [0, 0.05) is 19.3 Å². The van der Waals surface area contributed by atoms with Crippen molar-refractivity contribution in [2.75, 3.05) is 13.2 Å². The van der Waals surface area contributed by atoms with Crippen LogP contribution < -0.4 is 0 Å². The van der Waals surface area contributed by atoms with Crippen molar-refractivity contribution in [3.63, 3.8) is 0 Å². The minimum absolute atomic E-state index is 0.0826. The van der Waals surface area contributed by atoms with Crippen molar-refractivity contribution in [3.05, 3.63) is 48.6 Å². The minimum Gasteiger partial charge on any atom is -0.462 e. The van der Waals surface area contributed by atoms with Crippen LogP contribution in [0.15, 0.2) is 48.6 Å². The van der Waals surface area contributed by atoms with Crippen LogP contribution in [0.5, 0.6) is 0 Å². The van der Waals surface area contributed by atoms with E-state index < -0.39 is 6.10 Å². The maximum atomic E-state index is 12.8. The second-order valence-electron chi connectivity index (χ2n) is 17.4. The van der Waals surface area contributed by atoms with Crippen LogP contribution in [0.1, 0.15) is 265 Å². The Balaban J connectivity index is 4.35. The summed E-state index contributed by atoms with van der Waals surface area (Å²) in [6.45, 7) is 6.54. The summed E-state index contributed by atoms with van der Waals surface area (Å²) in [4.78, 5) is 37.9. The fraction of sp³-hybridized carbons (Fsp3) is 0.800. The van der Waals surface area contributed by atoms with Gasteiger partial charge in [0.05, 0.1) is 0 Å². The van der Waals surface area contributed by atoms with Gasteiger partial charge in [-0.05, 0) is 96.3 Å². The van der Waals surface area contributed by atoms with E-state index in [2.05, 4.69) is 69.4 Å². The zero-order valence-corrected chi connectivity index (χ0v) is 40.4. The largest absolute Gasteiger partial charge is 0.462 e. The quantitative estimate of drug-likeness (QED) is 0.0263. The maximum absolute atomic E-state index is 12.8. The fourth-order valence-corrected chi connectivity index (χ4v) is 7.29. The number of carbonyl (C=O) groups excluding carboxylic acids is 3.